The van der Waals surface area contributed by atoms with Crippen molar-refractivity contribution in [2.45, 2.75) is 33.3 Å². The van der Waals surface area contributed by atoms with Crippen molar-refractivity contribution in [1.82, 2.24) is 19.7 Å². The van der Waals surface area contributed by atoms with E-state index in [9.17, 15) is 9.90 Å². The highest BCUT2D eigenvalue weighted by atomic mass is 16.3. The van der Waals surface area contributed by atoms with E-state index in [2.05, 4.69) is 10.1 Å². The molecule has 0 bridgehead atoms. The lowest BCUT2D eigenvalue weighted by Gasteiger charge is -2.17. The monoisotopic (exact) mass is 314 g/mol. The SMILES string of the molecule is Cc1cc(C)n(-c2ccc(C(=O)N3CCC(C(C)O)C3)cn2)n1. The highest BCUT2D eigenvalue weighted by Crippen LogP contribution is 2.21. The van der Waals surface area contributed by atoms with Gasteiger partial charge < -0.3 is 10.0 Å². The lowest BCUT2D eigenvalue weighted by molar-refractivity contribution is 0.0762. The van der Waals surface area contributed by atoms with Gasteiger partial charge in [-0.3, -0.25) is 4.79 Å². The second-order valence-electron chi connectivity index (χ2n) is 6.28. The minimum absolute atomic E-state index is 0.0273. The summed E-state index contributed by atoms with van der Waals surface area (Å²) in [5, 5.41) is 14.0. The van der Waals surface area contributed by atoms with Crippen molar-refractivity contribution >= 4 is 5.91 Å². The van der Waals surface area contributed by atoms with Gasteiger partial charge in [0.05, 0.1) is 17.4 Å². The van der Waals surface area contributed by atoms with Gasteiger partial charge >= 0.3 is 0 Å². The van der Waals surface area contributed by atoms with Crippen molar-refractivity contribution in [1.29, 1.82) is 0 Å². The Morgan fingerprint density at radius 1 is 1.39 bits per heavy atom. The predicted octanol–water partition coefficient (Wildman–Crippen LogP) is 1.73. The molecule has 0 saturated carbocycles. The van der Waals surface area contributed by atoms with Crippen LogP contribution in [-0.2, 0) is 0 Å². The molecule has 0 spiro atoms. The van der Waals surface area contributed by atoms with Gasteiger partial charge in [0.15, 0.2) is 5.82 Å². The number of aliphatic hydroxyl groups excluding tert-OH is 1. The Balaban J connectivity index is 1.75. The Labute approximate surface area is 135 Å². The molecule has 122 valence electrons. The molecule has 1 fully saturated rings. The Morgan fingerprint density at radius 2 is 2.17 bits per heavy atom. The van der Waals surface area contributed by atoms with Crippen LogP contribution in [0.15, 0.2) is 24.4 Å². The van der Waals surface area contributed by atoms with E-state index in [4.69, 9.17) is 0 Å². The maximum atomic E-state index is 12.5. The number of likely N-dealkylation sites (tertiary alicyclic amines) is 1. The zero-order chi connectivity index (χ0) is 16.6. The second-order valence-corrected chi connectivity index (χ2v) is 6.28. The fourth-order valence-electron chi connectivity index (χ4n) is 3.05. The molecule has 0 aliphatic carbocycles. The summed E-state index contributed by atoms with van der Waals surface area (Å²) in [6.45, 7) is 6.99. The van der Waals surface area contributed by atoms with Gasteiger partial charge in [-0.15, -0.1) is 0 Å². The van der Waals surface area contributed by atoms with Crippen LogP contribution >= 0.6 is 0 Å². The molecule has 2 unspecified atom stereocenters. The van der Waals surface area contributed by atoms with E-state index in [-0.39, 0.29) is 17.9 Å². The van der Waals surface area contributed by atoms with E-state index in [0.29, 0.717) is 24.5 Å². The number of aryl methyl sites for hydroxylation is 2. The first kappa shape index (κ1) is 15.7. The number of aliphatic hydroxyl groups is 1. The highest BCUT2D eigenvalue weighted by molar-refractivity contribution is 5.94. The largest absolute Gasteiger partial charge is 0.393 e. The topological polar surface area (TPSA) is 71.2 Å². The van der Waals surface area contributed by atoms with Crippen LogP contribution in [0.5, 0.6) is 0 Å². The molecule has 0 aromatic carbocycles. The zero-order valence-electron chi connectivity index (χ0n) is 13.7. The highest BCUT2D eigenvalue weighted by Gasteiger charge is 2.29. The third kappa shape index (κ3) is 3.12. The number of amides is 1. The molecule has 3 heterocycles. The molecular weight excluding hydrogens is 292 g/mol. The van der Waals surface area contributed by atoms with Crippen LogP contribution in [0.2, 0.25) is 0 Å². The van der Waals surface area contributed by atoms with Crippen LogP contribution in [-0.4, -0.2) is 49.9 Å². The molecular formula is C17H22N4O2. The predicted molar refractivity (Wildman–Crippen MR) is 86.5 cm³/mol. The summed E-state index contributed by atoms with van der Waals surface area (Å²) in [5.41, 5.74) is 2.51. The number of rotatable bonds is 3. The number of pyridine rings is 1. The normalized spacial score (nSPS) is 19.1. The quantitative estimate of drug-likeness (QED) is 0.936. The minimum atomic E-state index is -0.376. The number of aromatic nitrogens is 3. The molecule has 0 radical (unpaired) electrons. The Bertz CT molecular complexity index is 706. The minimum Gasteiger partial charge on any atom is -0.393 e. The van der Waals surface area contributed by atoms with Gasteiger partial charge in [0, 0.05) is 30.9 Å². The summed E-state index contributed by atoms with van der Waals surface area (Å²) in [6, 6.07) is 5.59. The van der Waals surface area contributed by atoms with Crippen molar-refractivity contribution in [3.05, 3.63) is 41.3 Å². The number of carbonyl (C=O) groups excluding carboxylic acids is 1. The standard InChI is InChI=1S/C17H22N4O2/c1-11-8-12(2)21(19-11)16-5-4-14(9-18-16)17(23)20-7-6-15(10-20)13(3)22/h4-5,8-9,13,15,22H,6-7,10H2,1-3H3. The summed E-state index contributed by atoms with van der Waals surface area (Å²) < 4.78 is 1.77. The number of carbonyl (C=O) groups is 1. The van der Waals surface area contributed by atoms with Gasteiger partial charge in [-0.2, -0.15) is 5.10 Å². The van der Waals surface area contributed by atoms with E-state index in [1.54, 1.807) is 28.8 Å². The van der Waals surface area contributed by atoms with Crippen molar-refractivity contribution in [3.63, 3.8) is 0 Å². The van der Waals surface area contributed by atoms with Gasteiger partial charge in [0.25, 0.3) is 5.91 Å². The Hall–Kier alpha value is -2.21. The Morgan fingerprint density at radius 3 is 2.70 bits per heavy atom. The van der Waals surface area contributed by atoms with Crippen molar-refractivity contribution < 1.29 is 9.90 Å². The van der Waals surface area contributed by atoms with Crippen LogP contribution in [0, 0.1) is 19.8 Å². The van der Waals surface area contributed by atoms with E-state index in [0.717, 1.165) is 17.8 Å². The number of hydrogen-bond donors (Lipinski definition) is 1. The average molecular weight is 314 g/mol. The number of nitrogens with zero attached hydrogens (tertiary/aromatic N) is 4. The maximum absolute atomic E-state index is 12.5. The van der Waals surface area contributed by atoms with Gasteiger partial charge in [0.2, 0.25) is 0 Å². The zero-order valence-corrected chi connectivity index (χ0v) is 13.7. The lowest BCUT2D eigenvalue weighted by Crippen LogP contribution is -2.30. The summed E-state index contributed by atoms with van der Waals surface area (Å²) in [6.07, 6.45) is 2.07. The average Bonchev–Trinajstić information content (AvgIpc) is 3.13. The van der Waals surface area contributed by atoms with E-state index in [1.165, 1.54) is 0 Å². The maximum Gasteiger partial charge on any atom is 0.255 e. The van der Waals surface area contributed by atoms with Crippen LogP contribution in [0.1, 0.15) is 35.1 Å². The molecule has 1 saturated heterocycles. The van der Waals surface area contributed by atoms with Gasteiger partial charge in [-0.1, -0.05) is 0 Å². The molecule has 1 amide bonds. The van der Waals surface area contributed by atoms with E-state index >= 15 is 0 Å². The van der Waals surface area contributed by atoms with Gasteiger partial charge in [0.1, 0.15) is 0 Å². The summed E-state index contributed by atoms with van der Waals surface area (Å²) in [4.78, 5) is 18.7. The summed E-state index contributed by atoms with van der Waals surface area (Å²) in [7, 11) is 0. The van der Waals surface area contributed by atoms with Crippen molar-refractivity contribution in [2.24, 2.45) is 5.92 Å². The molecule has 2 atom stereocenters. The summed E-state index contributed by atoms with van der Waals surface area (Å²) >= 11 is 0. The first-order chi connectivity index (χ1) is 11.0. The van der Waals surface area contributed by atoms with Crippen LogP contribution in [0.3, 0.4) is 0 Å². The van der Waals surface area contributed by atoms with Gasteiger partial charge in [-0.25, -0.2) is 9.67 Å². The Kier molecular flexibility index (Phi) is 4.17. The third-order valence-corrected chi connectivity index (χ3v) is 4.42. The number of hydrogen-bond acceptors (Lipinski definition) is 4. The molecule has 6 nitrogen and oxygen atoms in total. The molecule has 2 aromatic heterocycles. The first-order valence-corrected chi connectivity index (χ1v) is 7.92. The fourth-order valence-corrected chi connectivity index (χ4v) is 3.05. The first-order valence-electron chi connectivity index (χ1n) is 7.92. The fraction of sp³-hybridized carbons (Fsp3) is 0.471. The summed E-state index contributed by atoms with van der Waals surface area (Å²) in [5.74, 6) is 0.844. The van der Waals surface area contributed by atoms with Crippen LogP contribution in [0.25, 0.3) is 5.82 Å². The molecule has 3 rings (SSSR count). The molecule has 2 aromatic rings. The molecule has 1 N–H and O–H groups in total. The molecule has 1 aliphatic rings. The molecule has 1 aliphatic heterocycles. The lowest BCUT2D eigenvalue weighted by atomic mass is 10.0. The van der Waals surface area contributed by atoms with E-state index < -0.39 is 0 Å². The van der Waals surface area contributed by atoms with Crippen molar-refractivity contribution in [3.8, 4) is 5.82 Å². The van der Waals surface area contributed by atoms with Crippen LogP contribution in [0.4, 0.5) is 0 Å². The molecule has 23 heavy (non-hydrogen) atoms. The smallest absolute Gasteiger partial charge is 0.255 e. The van der Waals surface area contributed by atoms with Crippen molar-refractivity contribution in [2.75, 3.05) is 13.1 Å². The molecule has 6 heteroatoms. The van der Waals surface area contributed by atoms with Gasteiger partial charge in [-0.05, 0) is 45.4 Å². The van der Waals surface area contributed by atoms with E-state index in [1.807, 2.05) is 26.0 Å². The van der Waals surface area contributed by atoms with Crippen LogP contribution < -0.4 is 0 Å². The third-order valence-electron chi connectivity index (χ3n) is 4.42. The second kappa shape index (κ2) is 6.12.